The second-order valence-corrected chi connectivity index (χ2v) is 8.31. The molecule has 9 nitrogen and oxygen atoms in total. The van der Waals surface area contributed by atoms with Crippen molar-refractivity contribution in [1.82, 2.24) is 25.1 Å². The Morgan fingerprint density at radius 2 is 1.94 bits per heavy atom. The van der Waals surface area contributed by atoms with Crippen LogP contribution >= 0.6 is 11.6 Å². The second kappa shape index (κ2) is 9.80. The molecule has 4 aromatic rings. The van der Waals surface area contributed by atoms with Crippen LogP contribution in [0.2, 0.25) is 5.02 Å². The van der Waals surface area contributed by atoms with Crippen molar-refractivity contribution < 1.29 is 23.4 Å². The predicted molar refractivity (Wildman–Crippen MR) is 126 cm³/mol. The number of aliphatic hydroxyl groups is 1. The van der Waals surface area contributed by atoms with Gasteiger partial charge in [-0.05, 0) is 25.1 Å². The van der Waals surface area contributed by atoms with Gasteiger partial charge in [-0.3, -0.25) is 9.89 Å². The maximum Gasteiger partial charge on any atom is 0.326 e. The lowest BCUT2D eigenvalue weighted by atomic mass is 10.1. The SMILES string of the molecule is CC(O)C(Nc1nc(Oc2ccc(F)cc2F)nc2n[nH]c(-c3ccccc3Cl)c12)C(=O)N(C)C. The van der Waals surface area contributed by atoms with Crippen LogP contribution in [-0.4, -0.2) is 62.3 Å². The molecule has 0 radical (unpaired) electrons. The van der Waals surface area contributed by atoms with Gasteiger partial charge in [0.1, 0.15) is 17.7 Å². The van der Waals surface area contributed by atoms with Gasteiger partial charge in [0, 0.05) is 30.7 Å². The van der Waals surface area contributed by atoms with Gasteiger partial charge >= 0.3 is 6.01 Å². The number of rotatable bonds is 7. The van der Waals surface area contributed by atoms with Crippen LogP contribution in [0, 0.1) is 11.6 Å². The Morgan fingerprint density at radius 1 is 1.20 bits per heavy atom. The van der Waals surface area contributed by atoms with Crippen LogP contribution < -0.4 is 10.1 Å². The third-order valence-corrected chi connectivity index (χ3v) is 5.44. The smallest absolute Gasteiger partial charge is 0.326 e. The topological polar surface area (TPSA) is 116 Å². The van der Waals surface area contributed by atoms with Crippen molar-refractivity contribution in [1.29, 1.82) is 0 Å². The number of hydrogen-bond donors (Lipinski definition) is 3. The lowest BCUT2D eigenvalue weighted by Crippen LogP contribution is -2.45. The van der Waals surface area contributed by atoms with Crippen molar-refractivity contribution in [3.05, 3.63) is 59.1 Å². The molecule has 0 spiro atoms. The minimum Gasteiger partial charge on any atom is -0.421 e. The molecule has 2 unspecified atom stereocenters. The van der Waals surface area contributed by atoms with Gasteiger partial charge in [-0.15, -0.1) is 0 Å². The lowest BCUT2D eigenvalue weighted by Gasteiger charge is -2.24. The Labute approximate surface area is 203 Å². The van der Waals surface area contributed by atoms with Crippen molar-refractivity contribution in [3.8, 4) is 23.0 Å². The van der Waals surface area contributed by atoms with Crippen molar-refractivity contribution in [3.63, 3.8) is 0 Å². The maximum absolute atomic E-state index is 14.2. The molecule has 4 rings (SSSR count). The molecule has 0 saturated carbocycles. The van der Waals surface area contributed by atoms with Gasteiger partial charge in [0.15, 0.2) is 17.2 Å². The van der Waals surface area contributed by atoms with Crippen LogP contribution in [0.3, 0.4) is 0 Å². The zero-order chi connectivity index (χ0) is 25.3. The highest BCUT2D eigenvalue weighted by molar-refractivity contribution is 6.33. The summed E-state index contributed by atoms with van der Waals surface area (Å²) < 4.78 is 32.9. The van der Waals surface area contributed by atoms with E-state index in [1.165, 1.54) is 11.8 Å². The minimum absolute atomic E-state index is 0.0808. The number of nitrogens with one attached hydrogen (secondary N) is 2. The maximum atomic E-state index is 14.2. The molecule has 182 valence electrons. The molecular weight excluding hydrogens is 482 g/mol. The molecule has 0 aliphatic heterocycles. The zero-order valence-corrected chi connectivity index (χ0v) is 19.6. The van der Waals surface area contributed by atoms with Gasteiger partial charge in [0.05, 0.1) is 17.2 Å². The number of nitrogens with zero attached hydrogens (tertiary/aromatic N) is 4. The summed E-state index contributed by atoms with van der Waals surface area (Å²) in [7, 11) is 3.10. The third-order valence-electron chi connectivity index (χ3n) is 5.11. The summed E-state index contributed by atoms with van der Waals surface area (Å²) >= 11 is 6.38. The first-order valence-corrected chi connectivity index (χ1v) is 10.8. The fourth-order valence-electron chi connectivity index (χ4n) is 3.38. The number of benzene rings is 2. The van der Waals surface area contributed by atoms with Crippen LogP contribution in [-0.2, 0) is 4.79 Å². The van der Waals surface area contributed by atoms with Gasteiger partial charge < -0.3 is 20.1 Å². The molecule has 2 aromatic heterocycles. The first kappa shape index (κ1) is 24.3. The average Bonchev–Trinajstić information content (AvgIpc) is 3.22. The number of carbonyl (C=O) groups is 1. The number of H-pyrrole nitrogens is 1. The van der Waals surface area contributed by atoms with Crippen molar-refractivity contribution in [2.75, 3.05) is 19.4 Å². The summed E-state index contributed by atoms with van der Waals surface area (Å²) in [6.07, 6.45) is -1.11. The fourth-order valence-corrected chi connectivity index (χ4v) is 3.61. The van der Waals surface area contributed by atoms with Gasteiger partial charge in [0.2, 0.25) is 5.91 Å². The normalized spacial score (nSPS) is 12.9. The third kappa shape index (κ3) is 5.00. The van der Waals surface area contributed by atoms with Crippen LogP contribution in [0.15, 0.2) is 42.5 Å². The van der Waals surface area contributed by atoms with E-state index in [-0.39, 0.29) is 23.2 Å². The molecule has 3 N–H and O–H groups in total. The van der Waals surface area contributed by atoms with Crippen molar-refractivity contribution in [2.24, 2.45) is 0 Å². The first-order chi connectivity index (χ1) is 16.7. The number of carbonyl (C=O) groups excluding carboxylic acids is 1. The number of ether oxygens (including phenoxy) is 1. The minimum atomic E-state index is -1.11. The Morgan fingerprint density at radius 3 is 2.60 bits per heavy atom. The summed E-state index contributed by atoms with van der Waals surface area (Å²) in [6, 6.07) is 8.38. The molecule has 2 aromatic carbocycles. The highest BCUT2D eigenvalue weighted by Crippen LogP contribution is 2.36. The summed E-state index contributed by atoms with van der Waals surface area (Å²) in [6.45, 7) is 1.45. The highest BCUT2D eigenvalue weighted by Gasteiger charge is 2.28. The van der Waals surface area contributed by atoms with Crippen LogP contribution in [0.5, 0.6) is 11.8 Å². The van der Waals surface area contributed by atoms with Gasteiger partial charge in [-0.1, -0.05) is 29.8 Å². The van der Waals surface area contributed by atoms with Gasteiger partial charge in [0.25, 0.3) is 0 Å². The number of likely N-dealkylation sites (N-methyl/N-ethyl adjacent to an activating group) is 1. The largest absolute Gasteiger partial charge is 0.421 e. The van der Waals surface area contributed by atoms with Gasteiger partial charge in [-0.2, -0.15) is 15.1 Å². The number of aromatic nitrogens is 4. The molecule has 0 aliphatic rings. The van der Waals surface area contributed by atoms with E-state index >= 15 is 0 Å². The summed E-state index contributed by atoms with van der Waals surface area (Å²) in [5, 5.41) is 21.1. The lowest BCUT2D eigenvalue weighted by molar-refractivity contribution is -0.131. The molecule has 12 heteroatoms. The average molecular weight is 503 g/mol. The summed E-state index contributed by atoms with van der Waals surface area (Å²) in [4.78, 5) is 22.6. The first-order valence-electron chi connectivity index (χ1n) is 10.5. The van der Waals surface area contributed by atoms with E-state index < -0.39 is 29.7 Å². The Bertz CT molecular complexity index is 1400. The monoisotopic (exact) mass is 502 g/mol. The van der Waals surface area contributed by atoms with E-state index in [1.807, 2.05) is 0 Å². The molecule has 0 fully saturated rings. The van der Waals surface area contributed by atoms with Gasteiger partial charge in [-0.25, -0.2) is 8.78 Å². The fraction of sp³-hybridized carbons (Fsp3) is 0.217. The molecule has 0 saturated heterocycles. The zero-order valence-electron chi connectivity index (χ0n) is 18.9. The molecule has 0 bridgehead atoms. The second-order valence-electron chi connectivity index (χ2n) is 7.90. The van der Waals surface area contributed by atoms with Crippen LogP contribution in [0.1, 0.15) is 6.92 Å². The Kier molecular flexibility index (Phi) is 6.81. The number of amides is 1. The Hall–Kier alpha value is -3.83. The van der Waals surface area contributed by atoms with E-state index in [2.05, 4.69) is 25.5 Å². The van der Waals surface area contributed by atoms with Crippen molar-refractivity contribution >= 4 is 34.4 Å². The van der Waals surface area contributed by atoms with Crippen LogP contribution in [0.4, 0.5) is 14.6 Å². The van der Waals surface area contributed by atoms with E-state index in [0.29, 0.717) is 27.7 Å². The quantitative estimate of drug-likeness (QED) is 0.350. The number of hydrogen-bond acceptors (Lipinski definition) is 7. The van der Waals surface area contributed by atoms with E-state index in [0.717, 1.165) is 12.1 Å². The van der Waals surface area contributed by atoms with E-state index in [4.69, 9.17) is 16.3 Å². The molecular formula is C23H21ClF2N6O3. The molecule has 35 heavy (non-hydrogen) atoms. The number of anilines is 1. The molecule has 0 aliphatic carbocycles. The number of fused-ring (bicyclic) bond motifs is 1. The summed E-state index contributed by atoms with van der Waals surface area (Å²) in [5.41, 5.74) is 1.17. The van der Waals surface area contributed by atoms with E-state index in [9.17, 15) is 18.7 Å². The highest BCUT2D eigenvalue weighted by atomic mass is 35.5. The molecule has 1 amide bonds. The summed E-state index contributed by atoms with van der Waals surface area (Å²) in [5.74, 6) is -2.37. The predicted octanol–water partition coefficient (Wildman–Crippen LogP) is 3.99. The number of halogens is 3. The standard InChI is InChI=1S/C23H21ClF2N6O3/c1-11(33)18(22(34)32(2)3)27-20-17-19(13-6-4-5-7-14(13)24)30-31-21(17)29-23(28-20)35-16-9-8-12(25)10-15(16)26/h4-11,18,33H,1-3H3,(H2,27,28,29,30,31). The van der Waals surface area contributed by atoms with E-state index in [1.54, 1.807) is 38.4 Å². The van der Waals surface area contributed by atoms with Crippen molar-refractivity contribution in [2.45, 2.75) is 19.1 Å². The Balaban J connectivity index is 1.87. The molecule has 2 atom stereocenters. The number of aliphatic hydroxyl groups excluding tert-OH is 1. The molecule has 2 heterocycles. The van der Waals surface area contributed by atoms with Crippen LogP contribution in [0.25, 0.3) is 22.3 Å². The number of aromatic amines is 1.